The molecule has 2 aromatic rings. The standard InChI is InChI=1S/C18H19ClN2O3/c1-11(10-20)15-9-13(7-8-16(15)19)21-18(23)14-5-3-4-6-17(14)24-12(2)22/h3-9,11H,10,20H2,1-2H3,(H,21,23). The fourth-order valence-electron chi connectivity index (χ4n) is 2.22. The summed E-state index contributed by atoms with van der Waals surface area (Å²) in [6, 6.07) is 11.8. The van der Waals surface area contributed by atoms with Gasteiger partial charge >= 0.3 is 5.97 Å². The van der Waals surface area contributed by atoms with Crippen LogP contribution < -0.4 is 15.8 Å². The zero-order valence-electron chi connectivity index (χ0n) is 13.5. The van der Waals surface area contributed by atoms with Crippen LogP contribution in [0.15, 0.2) is 42.5 Å². The first-order valence-electron chi connectivity index (χ1n) is 7.50. The average molecular weight is 347 g/mol. The van der Waals surface area contributed by atoms with Gasteiger partial charge in [-0.25, -0.2) is 0 Å². The SMILES string of the molecule is CC(=O)Oc1ccccc1C(=O)Nc1ccc(Cl)c(C(C)CN)c1. The zero-order chi connectivity index (χ0) is 17.7. The molecule has 0 fully saturated rings. The van der Waals surface area contributed by atoms with Gasteiger partial charge in [-0.3, -0.25) is 9.59 Å². The Morgan fingerprint density at radius 2 is 1.96 bits per heavy atom. The first-order valence-corrected chi connectivity index (χ1v) is 7.88. The molecule has 0 saturated carbocycles. The van der Waals surface area contributed by atoms with Crippen LogP contribution in [0.25, 0.3) is 0 Å². The van der Waals surface area contributed by atoms with Gasteiger partial charge in [-0.05, 0) is 48.4 Å². The lowest BCUT2D eigenvalue weighted by Crippen LogP contribution is -2.15. The molecule has 126 valence electrons. The number of hydrogen-bond donors (Lipinski definition) is 2. The number of nitrogens with two attached hydrogens (primary N) is 1. The summed E-state index contributed by atoms with van der Waals surface area (Å²) in [6.45, 7) is 3.70. The molecule has 2 aromatic carbocycles. The summed E-state index contributed by atoms with van der Waals surface area (Å²) in [5, 5.41) is 3.39. The number of para-hydroxylation sites is 1. The molecule has 1 amide bonds. The quantitative estimate of drug-likeness (QED) is 0.640. The number of ether oxygens (including phenoxy) is 1. The fourth-order valence-corrected chi connectivity index (χ4v) is 2.53. The Morgan fingerprint density at radius 1 is 1.25 bits per heavy atom. The summed E-state index contributed by atoms with van der Waals surface area (Å²) < 4.78 is 5.07. The van der Waals surface area contributed by atoms with Crippen molar-refractivity contribution < 1.29 is 14.3 Å². The minimum atomic E-state index is -0.485. The van der Waals surface area contributed by atoms with Crippen LogP contribution in [-0.2, 0) is 4.79 Å². The van der Waals surface area contributed by atoms with Gasteiger partial charge in [0.2, 0.25) is 0 Å². The highest BCUT2D eigenvalue weighted by Gasteiger charge is 2.15. The zero-order valence-corrected chi connectivity index (χ0v) is 14.3. The van der Waals surface area contributed by atoms with Gasteiger partial charge in [0.1, 0.15) is 5.75 Å². The molecule has 3 N–H and O–H groups in total. The van der Waals surface area contributed by atoms with Crippen molar-refractivity contribution in [2.24, 2.45) is 5.73 Å². The number of halogens is 1. The maximum Gasteiger partial charge on any atom is 0.308 e. The molecule has 0 bridgehead atoms. The Morgan fingerprint density at radius 3 is 2.62 bits per heavy atom. The van der Waals surface area contributed by atoms with Crippen LogP contribution >= 0.6 is 11.6 Å². The van der Waals surface area contributed by atoms with Gasteiger partial charge in [0, 0.05) is 17.6 Å². The van der Waals surface area contributed by atoms with E-state index in [1.807, 2.05) is 6.92 Å². The van der Waals surface area contributed by atoms with Gasteiger partial charge in [-0.2, -0.15) is 0 Å². The molecule has 0 spiro atoms. The fraction of sp³-hybridized carbons (Fsp3) is 0.222. The Balaban J connectivity index is 2.26. The highest BCUT2D eigenvalue weighted by Crippen LogP contribution is 2.28. The largest absolute Gasteiger partial charge is 0.426 e. The molecule has 0 aliphatic heterocycles. The second kappa shape index (κ2) is 7.95. The van der Waals surface area contributed by atoms with Crippen LogP contribution in [0.4, 0.5) is 5.69 Å². The van der Waals surface area contributed by atoms with Crippen molar-refractivity contribution in [2.75, 3.05) is 11.9 Å². The summed E-state index contributed by atoms with van der Waals surface area (Å²) >= 11 is 6.18. The normalized spacial score (nSPS) is 11.7. The van der Waals surface area contributed by atoms with Crippen LogP contribution in [0, 0.1) is 0 Å². The monoisotopic (exact) mass is 346 g/mol. The second-order valence-electron chi connectivity index (χ2n) is 5.42. The van der Waals surface area contributed by atoms with Crippen LogP contribution in [0.5, 0.6) is 5.75 Å². The van der Waals surface area contributed by atoms with Crippen LogP contribution in [0.3, 0.4) is 0 Å². The van der Waals surface area contributed by atoms with Gasteiger partial charge in [-0.15, -0.1) is 0 Å². The molecule has 0 aliphatic rings. The van der Waals surface area contributed by atoms with Gasteiger partial charge < -0.3 is 15.8 Å². The molecule has 0 radical (unpaired) electrons. The van der Waals surface area contributed by atoms with Gasteiger partial charge in [0.15, 0.2) is 0 Å². The molecule has 0 aromatic heterocycles. The summed E-state index contributed by atoms with van der Waals surface area (Å²) in [4.78, 5) is 23.6. The summed E-state index contributed by atoms with van der Waals surface area (Å²) in [7, 11) is 0. The van der Waals surface area contributed by atoms with E-state index in [0.29, 0.717) is 17.3 Å². The van der Waals surface area contributed by atoms with Crippen LogP contribution in [0.2, 0.25) is 5.02 Å². The van der Waals surface area contributed by atoms with E-state index >= 15 is 0 Å². The molecule has 24 heavy (non-hydrogen) atoms. The number of anilines is 1. The van der Waals surface area contributed by atoms with E-state index in [-0.39, 0.29) is 23.1 Å². The van der Waals surface area contributed by atoms with Crippen molar-refractivity contribution in [1.29, 1.82) is 0 Å². The van der Waals surface area contributed by atoms with Crippen LogP contribution in [-0.4, -0.2) is 18.4 Å². The highest BCUT2D eigenvalue weighted by molar-refractivity contribution is 6.31. The van der Waals surface area contributed by atoms with Gasteiger partial charge in [0.25, 0.3) is 5.91 Å². The second-order valence-corrected chi connectivity index (χ2v) is 5.82. The van der Waals surface area contributed by atoms with E-state index in [1.165, 1.54) is 6.92 Å². The maximum absolute atomic E-state index is 12.5. The number of amides is 1. The number of nitrogens with one attached hydrogen (secondary N) is 1. The predicted octanol–water partition coefficient (Wildman–Crippen LogP) is 3.58. The molecule has 1 unspecified atom stereocenters. The number of carbonyl (C=O) groups is 2. The highest BCUT2D eigenvalue weighted by atomic mass is 35.5. The van der Waals surface area contributed by atoms with E-state index in [0.717, 1.165) is 5.56 Å². The summed E-state index contributed by atoms with van der Waals surface area (Å²) in [6.07, 6.45) is 0. The van der Waals surface area contributed by atoms with Crippen LogP contribution in [0.1, 0.15) is 35.7 Å². The van der Waals surface area contributed by atoms with Crippen molar-refractivity contribution in [3.63, 3.8) is 0 Å². The van der Waals surface area contributed by atoms with E-state index in [9.17, 15) is 9.59 Å². The van der Waals surface area contributed by atoms with Crippen molar-refractivity contribution in [3.8, 4) is 5.75 Å². The number of carbonyl (C=O) groups excluding carboxylic acids is 2. The lowest BCUT2D eigenvalue weighted by molar-refractivity contribution is -0.131. The minimum Gasteiger partial charge on any atom is -0.426 e. The molecule has 0 aliphatic carbocycles. The summed E-state index contributed by atoms with van der Waals surface area (Å²) in [5.74, 6) is -0.573. The molecule has 0 heterocycles. The third-order valence-corrected chi connectivity index (χ3v) is 3.87. The Labute approximate surface area is 145 Å². The van der Waals surface area contributed by atoms with Crippen molar-refractivity contribution >= 4 is 29.2 Å². The minimum absolute atomic E-state index is 0.0719. The molecule has 5 nitrogen and oxygen atoms in total. The topological polar surface area (TPSA) is 81.4 Å². The molecular formula is C18H19ClN2O3. The summed E-state index contributed by atoms with van der Waals surface area (Å²) in [5.41, 5.74) is 7.42. The number of esters is 1. The van der Waals surface area contributed by atoms with E-state index in [2.05, 4.69) is 5.32 Å². The molecule has 0 saturated heterocycles. The molecule has 6 heteroatoms. The van der Waals surface area contributed by atoms with Crippen molar-refractivity contribution in [3.05, 3.63) is 58.6 Å². The van der Waals surface area contributed by atoms with E-state index in [1.54, 1.807) is 42.5 Å². The average Bonchev–Trinajstić information content (AvgIpc) is 2.55. The molecule has 1 atom stereocenters. The molecular weight excluding hydrogens is 328 g/mol. The lowest BCUT2D eigenvalue weighted by Gasteiger charge is -2.14. The third kappa shape index (κ3) is 4.34. The van der Waals surface area contributed by atoms with Gasteiger partial charge in [0.05, 0.1) is 5.56 Å². The number of hydrogen-bond acceptors (Lipinski definition) is 4. The van der Waals surface area contributed by atoms with E-state index < -0.39 is 5.97 Å². The number of rotatable bonds is 5. The lowest BCUT2D eigenvalue weighted by atomic mass is 10.0. The van der Waals surface area contributed by atoms with Crippen molar-refractivity contribution in [2.45, 2.75) is 19.8 Å². The molecule has 2 rings (SSSR count). The Bertz CT molecular complexity index is 762. The third-order valence-electron chi connectivity index (χ3n) is 3.52. The van der Waals surface area contributed by atoms with Gasteiger partial charge in [-0.1, -0.05) is 30.7 Å². The first kappa shape index (κ1) is 18.0. The Hall–Kier alpha value is -2.37. The maximum atomic E-state index is 12.5. The van der Waals surface area contributed by atoms with E-state index in [4.69, 9.17) is 22.1 Å². The first-order chi connectivity index (χ1) is 11.4. The smallest absolute Gasteiger partial charge is 0.308 e. The Kier molecular flexibility index (Phi) is 5.95. The predicted molar refractivity (Wildman–Crippen MR) is 94.6 cm³/mol. The number of benzene rings is 2. The van der Waals surface area contributed by atoms with Crippen molar-refractivity contribution in [1.82, 2.24) is 0 Å².